The quantitative estimate of drug-likeness (QED) is 0.833. The van der Waals surface area contributed by atoms with Gasteiger partial charge in [-0.3, -0.25) is 0 Å². The summed E-state index contributed by atoms with van der Waals surface area (Å²) >= 11 is 12.2. The second-order valence-electron chi connectivity index (χ2n) is 4.56. The third-order valence-electron chi connectivity index (χ3n) is 3.05. The van der Waals surface area contributed by atoms with E-state index in [-0.39, 0.29) is 6.04 Å². The van der Waals surface area contributed by atoms with E-state index in [1.54, 1.807) is 10.7 Å². The van der Waals surface area contributed by atoms with Gasteiger partial charge in [0.05, 0.1) is 12.6 Å². The lowest BCUT2D eigenvalue weighted by molar-refractivity contribution is 0.505. The number of rotatable bonds is 6. The molecule has 0 fully saturated rings. The van der Waals surface area contributed by atoms with Gasteiger partial charge in [-0.25, -0.2) is 4.68 Å². The predicted octanol–water partition coefficient (Wildman–Crippen LogP) is 3.09. The number of hydrogen-bond donors (Lipinski definition) is 1. The van der Waals surface area contributed by atoms with Gasteiger partial charge in [0, 0.05) is 10.0 Å². The van der Waals surface area contributed by atoms with Crippen molar-refractivity contribution in [1.82, 2.24) is 25.5 Å². The van der Waals surface area contributed by atoms with Crippen LogP contribution >= 0.6 is 23.2 Å². The largest absolute Gasteiger partial charge is 0.310 e. The zero-order valence-corrected chi connectivity index (χ0v) is 13.0. The summed E-state index contributed by atoms with van der Waals surface area (Å²) < 4.78 is 1.78. The molecule has 0 aliphatic rings. The lowest BCUT2D eigenvalue weighted by Crippen LogP contribution is -2.20. The van der Waals surface area contributed by atoms with E-state index in [2.05, 4.69) is 27.8 Å². The Morgan fingerprint density at radius 3 is 2.85 bits per heavy atom. The van der Waals surface area contributed by atoms with Gasteiger partial charge in [0.15, 0.2) is 5.82 Å². The number of aromatic nitrogens is 4. The van der Waals surface area contributed by atoms with Crippen molar-refractivity contribution < 1.29 is 0 Å². The molecule has 7 heteroatoms. The topological polar surface area (TPSA) is 55.6 Å². The molecular weight excluding hydrogens is 297 g/mol. The van der Waals surface area contributed by atoms with Crippen LogP contribution in [-0.4, -0.2) is 26.8 Å². The predicted molar refractivity (Wildman–Crippen MR) is 80.1 cm³/mol. The molecule has 0 saturated heterocycles. The van der Waals surface area contributed by atoms with Gasteiger partial charge in [0.1, 0.15) is 0 Å². The molecule has 0 radical (unpaired) electrons. The molecule has 0 spiro atoms. The Kier molecular flexibility index (Phi) is 5.34. The van der Waals surface area contributed by atoms with E-state index < -0.39 is 0 Å². The maximum Gasteiger partial charge on any atom is 0.165 e. The van der Waals surface area contributed by atoms with Crippen LogP contribution in [0, 0.1) is 0 Å². The molecule has 2 rings (SSSR count). The second-order valence-corrected chi connectivity index (χ2v) is 5.40. The Balaban J connectivity index is 2.20. The van der Waals surface area contributed by atoms with Crippen molar-refractivity contribution >= 4 is 23.2 Å². The van der Waals surface area contributed by atoms with E-state index in [1.807, 2.05) is 19.1 Å². The average molecular weight is 314 g/mol. The maximum atomic E-state index is 6.24. The first kappa shape index (κ1) is 15.2. The number of nitrogens with zero attached hydrogens (tertiary/aromatic N) is 4. The highest BCUT2D eigenvalue weighted by Crippen LogP contribution is 2.28. The molecule has 1 atom stereocenters. The van der Waals surface area contributed by atoms with Gasteiger partial charge < -0.3 is 5.32 Å². The minimum Gasteiger partial charge on any atom is -0.310 e. The summed E-state index contributed by atoms with van der Waals surface area (Å²) in [5.74, 6) is 0.789. The molecule has 1 aromatic heterocycles. The first-order chi connectivity index (χ1) is 9.63. The van der Waals surface area contributed by atoms with Crippen LogP contribution in [0.2, 0.25) is 10.0 Å². The van der Waals surface area contributed by atoms with Crippen molar-refractivity contribution in [1.29, 1.82) is 0 Å². The first-order valence-electron chi connectivity index (χ1n) is 6.56. The van der Waals surface area contributed by atoms with Crippen molar-refractivity contribution in [3.05, 3.63) is 39.6 Å². The van der Waals surface area contributed by atoms with Crippen molar-refractivity contribution in [3.8, 4) is 0 Å². The van der Waals surface area contributed by atoms with Crippen LogP contribution in [0.5, 0.6) is 0 Å². The highest BCUT2D eigenvalue weighted by atomic mass is 35.5. The maximum absolute atomic E-state index is 6.24. The van der Waals surface area contributed by atoms with Gasteiger partial charge in [-0.1, -0.05) is 36.2 Å². The normalized spacial score (nSPS) is 12.6. The van der Waals surface area contributed by atoms with E-state index in [0.29, 0.717) is 16.6 Å². The van der Waals surface area contributed by atoms with Gasteiger partial charge >= 0.3 is 0 Å². The number of benzene rings is 1. The molecule has 1 unspecified atom stereocenters. The number of nitrogens with one attached hydrogen (secondary N) is 1. The van der Waals surface area contributed by atoms with Crippen LogP contribution in [-0.2, 0) is 6.54 Å². The van der Waals surface area contributed by atoms with Crippen molar-refractivity contribution in [2.24, 2.45) is 0 Å². The second kappa shape index (κ2) is 7.02. The van der Waals surface area contributed by atoms with Crippen molar-refractivity contribution in [3.63, 3.8) is 0 Å². The molecule has 0 amide bonds. The molecule has 0 saturated carbocycles. The summed E-state index contributed by atoms with van der Waals surface area (Å²) in [5.41, 5.74) is 0.945. The third kappa shape index (κ3) is 3.48. The van der Waals surface area contributed by atoms with Crippen molar-refractivity contribution in [2.45, 2.75) is 32.9 Å². The molecule has 2 aromatic rings. The summed E-state index contributed by atoms with van der Waals surface area (Å²) in [6.45, 7) is 5.69. The fourth-order valence-corrected chi connectivity index (χ4v) is 2.54. The fourth-order valence-electron chi connectivity index (χ4n) is 1.98. The smallest absolute Gasteiger partial charge is 0.165 e. The highest BCUT2D eigenvalue weighted by molar-refractivity contribution is 6.35. The molecule has 0 aliphatic carbocycles. The van der Waals surface area contributed by atoms with Crippen LogP contribution in [0.25, 0.3) is 0 Å². The summed E-state index contributed by atoms with van der Waals surface area (Å²) in [7, 11) is 0. The zero-order chi connectivity index (χ0) is 14.5. The molecule has 5 nitrogen and oxygen atoms in total. The first-order valence-corrected chi connectivity index (χ1v) is 7.31. The van der Waals surface area contributed by atoms with Crippen LogP contribution in [0.1, 0.15) is 37.7 Å². The number of hydrogen-bond acceptors (Lipinski definition) is 4. The van der Waals surface area contributed by atoms with Crippen molar-refractivity contribution in [2.75, 3.05) is 6.54 Å². The molecular formula is C13H17Cl2N5. The van der Waals surface area contributed by atoms with Gasteiger partial charge in [0.2, 0.25) is 0 Å². The highest BCUT2D eigenvalue weighted by Gasteiger charge is 2.17. The Labute approximate surface area is 128 Å². The van der Waals surface area contributed by atoms with Crippen LogP contribution in [0.4, 0.5) is 0 Å². The lowest BCUT2D eigenvalue weighted by atomic mass is 10.1. The van der Waals surface area contributed by atoms with E-state index in [0.717, 1.165) is 24.4 Å². The van der Waals surface area contributed by atoms with Gasteiger partial charge in [-0.05, 0) is 48.0 Å². The Morgan fingerprint density at radius 2 is 2.15 bits per heavy atom. The van der Waals surface area contributed by atoms with E-state index in [9.17, 15) is 0 Å². The summed E-state index contributed by atoms with van der Waals surface area (Å²) in [6, 6.07) is 5.40. The summed E-state index contributed by atoms with van der Waals surface area (Å²) in [5, 5.41) is 16.4. The summed E-state index contributed by atoms with van der Waals surface area (Å²) in [4.78, 5) is 0. The van der Waals surface area contributed by atoms with Crippen LogP contribution in [0.15, 0.2) is 18.2 Å². The van der Waals surface area contributed by atoms with E-state index >= 15 is 0 Å². The average Bonchev–Trinajstić information content (AvgIpc) is 2.87. The van der Waals surface area contributed by atoms with Gasteiger partial charge in [0.25, 0.3) is 0 Å². The standard InChI is InChI=1S/C13H17Cl2N5/c1-3-6-16-8-13-17-18-19-20(13)9(2)11-5-4-10(14)7-12(11)15/h4-5,7,9,16H,3,6,8H2,1-2H3. The number of halogens is 2. The molecule has 0 bridgehead atoms. The molecule has 1 heterocycles. The van der Waals surface area contributed by atoms with Gasteiger partial charge in [-0.2, -0.15) is 0 Å². The molecule has 20 heavy (non-hydrogen) atoms. The lowest BCUT2D eigenvalue weighted by Gasteiger charge is -2.15. The minimum absolute atomic E-state index is 0.0480. The Hall–Kier alpha value is -1.17. The van der Waals surface area contributed by atoms with Crippen LogP contribution < -0.4 is 5.32 Å². The molecule has 1 aromatic carbocycles. The minimum atomic E-state index is -0.0480. The monoisotopic (exact) mass is 313 g/mol. The Morgan fingerprint density at radius 1 is 1.35 bits per heavy atom. The SMILES string of the molecule is CCCNCc1nnnn1C(C)c1ccc(Cl)cc1Cl. The van der Waals surface area contributed by atoms with E-state index in [1.165, 1.54) is 0 Å². The fraction of sp³-hybridized carbons (Fsp3) is 0.462. The number of tetrazole rings is 1. The van der Waals surface area contributed by atoms with Gasteiger partial charge in [-0.15, -0.1) is 5.10 Å². The molecule has 1 N–H and O–H groups in total. The summed E-state index contributed by atoms with van der Waals surface area (Å²) in [6.07, 6.45) is 1.07. The third-order valence-corrected chi connectivity index (χ3v) is 3.61. The molecule has 0 aliphatic heterocycles. The Bertz CT molecular complexity index is 570. The zero-order valence-electron chi connectivity index (χ0n) is 11.5. The van der Waals surface area contributed by atoms with E-state index in [4.69, 9.17) is 23.2 Å². The van der Waals surface area contributed by atoms with Crippen LogP contribution in [0.3, 0.4) is 0 Å². The molecule has 108 valence electrons.